The second-order valence-corrected chi connectivity index (χ2v) is 9.27. The van der Waals surface area contributed by atoms with Crippen LogP contribution in [0.2, 0.25) is 0 Å². The number of likely N-dealkylation sites (tertiary alicyclic amines) is 1. The number of hydrogen-bond donors (Lipinski definition) is 0. The maximum Gasteiger partial charge on any atom is 0.260 e. The molecular formula is C16H26N4O3S. The maximum atomic E-state index is 12.9. The van der Waals surface area contributed by atoms with Gasteiger partial charge in [0.1, 0.15) is 0 Å². The van der Waals surface area contributed by atoms with Crippen LogP contribution in [-0.2, 0) is 21.8 Å². The van der Waals surface area contributed by atoms with E-state index in [1.54, 1.807) is 17.4 Å². The van der Waals surface area contributed by atoms with E-state index in [1.807, 2.05) is 6.92 Å². The van der Waals surface area contributed by atoms with Crippen LogP contribution in [0.3, 0.4) is 0 Å². The minimum atomic E-state index is -3.44. The van der Waals surface area contributed by atoms with Gasteiger partial charge in [-0.05, 0) is 37.7 Å². The van der Waals surface area contributed by atoms with E-state index in [4.69, 9.17) is 4.74 Å². The van der Waals surface area contributed by atoms with Gasteiger partial charge in [0.05, 0.1) is 5.69 Å². The molecule has 1 aromatic heterocycles. The van der Waals surface area contributed by atoms with Crippen LogP contribution < -0.4 is 0 Å². The van der Waals surface area contributed by atoms with E-state index in [-0.39, 0.29) is 0 Å². The maximum absolute atomic E-state index is 12.9. The summed E-state index contributed by atoms with van der Waals surface area (Å²) in [5.74, 6) is 0.911. The van der Waals surface area contributed by atoms with E-state index in [1.165, 1.54) is 4.68 Å². The van der Waals surface area contributed by atoms with Crippen molar-refractivity contribution in [3.8, 4) is 0 Å². The largest absolute Gasteiger partial charge is 0.381 e. The van der Waals surface area contributed by atoms with Crippen LogP contribution in [0.5, 0.6) is 0 Å². The van der Waals surface area contributed by atoms with E-state index in [0.717, 1.165) is 44.8 Å². The molecule has 7 nitrogen and oxygen atoms in total. The lowest BCUT2D eigenvalue weighted by molar-refractivity contribution is 0.0393. The van der Waals surface area contributed by atoms with Gasteiger partial charge in [0, 0.05) is 52.5 Å². The number of nitrogens with zero attached hydrogens (tertiary/aromatic N) is 4. The zero-order valence-corrected chi connectivity index (χ0v) is 15.2. The number of ether oxygens (including phenoxy) is 1. The minimum absolute atomic E-state index is 0.307. The van der Waals surface area contributed by atoms with Gasteiger partial charge >= 0.3 is 0 Å². The Morgan fingerprint density at radius 1 is 1.12 bits per heavy atom. The molecule has 8 heteroatoms. The second-order valence-electron chi connectivity index (χ2n) is 7.39. The van der Waals surface area contributed by atoms with Gasteiger partial charge < -0.3 is 4.74 Å². The molecule has 0 saturated carbocycles. The zero-order chi connectivity index (χ0) is 16.9. The quantitative estimate of drug-likeness (QED) is 0.789. The predicted molar refractivity (Wildman–Crippen MR) is 89.1 cm³/mol. The molecule has 0 amide bonds. The molecule has 0 bridgehead atoms. The van der Waals surface area contributed by atoms with Gasteiger partial charge in [0.25, 0.3) is 10.0 Å². The van der Waals surface area contributed by atoms with Gasteiger partial charge in [0.2, 0.25) is 0 Å². The van der Waals surface area contributed by atoms with Crippen molar-refractivity contribution in [3.63, 3.8) is 0 Å². The first kappa shape index (κ1) is 16.5. The minimum Gasteiger partial charge on any atom is -0.381 e. The van der Waals surface area contributed by atoms with Crippen molar-refractivity contribution in [1.29, 1.82) is 0 Å². The van der Waals surface area contributed by atoms with Crippen LogP contribution >= 0.6 is 0 Å². The monoisotopic (exact) mass is 354 g/mol. The number of aryl methyl sites for hydroxylation is 2. The SMILES string of the molecule is Cc1cc(S(=O)(=O)N2C[C@H]3CN(C4CCOCC4)C[C@@H]3C2)n(C)n1. The summed E-state index contributed by atoms with van der Waals surface area (Å²) in [4.78, 5) is 2.57. The Balaban J connectivity index is 1.44. The Morgan fingerprint density at radius 2 is 1.75 bits per heavy atom. The Hall–Kier alpha value is -0.960. The summed E-state index contributed by atoms with van der Waals surface area (Å²) in [6.07, 6.45) is 2.21. The summed E-state index contributed by atoms with van der Waals surface area (Å²) >= 11 is 0. The van der Waals surface area contributed by atoms with Gasteiger partial charge in [-0.15, -0.1) is 0 Å². The molecule has 0 aromatic carbocycles. The van der Waals surface area contributed by atoms with Gasteiger partial charge in [-0.25, -0.2) is 8.42 Å². The third-order valence-corrected chi connectivity index (χ3v) is 7.64. The lowest BCUT2D eigenvalue weighted by Gasteiger charge is -2.32. The Labute approximate surface area is 143 Å². The summed E-state index contributed by atoms with van der Waals surface area (Å²) in [6, 6.07) is 2.28. The number of hydrogen-bond acceptors (Lipinski definition) is 5. The summed E-state index contributed by atoms with van der Waals surface area (Å²) in [5.41, 5.74) is 0.737. The highest BCUT2D eigenvalue weighted by atomic mass is 32.2. The number of rotatable bonds is 3. The van der Waals surface area contributed by atoms with Crippen molar-refractivity contribution >= 4 is 10.0 Å². The van der Waals surface area contributed by atoms with Crippen LogP contribution in [0.4, 0.5) is 0 Å². The van der Waals surface area contributed by atoms with Gasteiger partial charge in [0.15, 0.2) is 5.03 Å². The van der Waals surface area contributed by atoms with Crippen LogP contribution in [0.25, 0.3) is 0 Å². The lowest BCUT2D eigenvalue weighted by Crippen LogP contribution is -2.40. The van der Waals surface area contributed by atoms with E-state index < -0.39 is 10.0 Å². The Bertz CT molecular complexity index is 697. The van der Waals surface area contributed by atoms with Crippen molar-refractivity contribution < 1.29 is 13.2 Å². The first-order valence-corrected chi connectivity index (χ1v) is 10.2. The summed E-state index contributed by atoms with van der Waals surface area (Å²) in [5, 5.41) is 4.49. The van der Waals surface area contributed by atoms with Crippen molar-refractivity contribution in [2.45, 2.75) is 30.8 Å². The molecule has 0 radical (unpaired) electrons. The lowest BCUT2D eigenvalue weighted by atomic mass is 10.0. The van der Waals surface area contributed by atoms with Gasteiger partial charge in [-0.2, -0.15) is 9.40 Å². The van der Waals surface area contributed by atoms with Crippen LogP contribution in [0.15, 0.2) is 11.1 Å². The second kappa shape index (κ2) is 6.09. The highest BCUT2D eigenvalue weighted by Crippen LogP contribution is 2.36. The molecular weight excluding hydrogens is 328 g/mol. The van der Waals surface area contributed by atoms with Crippen molar-refractivity contribution in [3.05, 3.63) is 11.8 Å². The molecule has 2 atom stereocenters. The molecule has 134 valence electrons. The number of fused-ring (bicyclic) bond motifs is 1. The first-order chi connectivity index (χ1) is 11.4. The topological polar surface area (TPSA) is 67.7 Å². The molecule has 3 aliphatic rings. The molecule has 3 saturated heterocycles. The smallest absolute Gasteiger partial charge is 0.260 e. The number of aromatic nitrogens is 2. The fraction of sp³-hybridized carbons (Fsp3) is 0.812. The number of sulfonamides is 1. The summed E-state index contributed by atoms with van der Waals surface area (Å²) in [6.45, 7) is 6.85. The molecule has 0 aliphatic carbocycles. The van der Waals surface area contributed by atoms with Crippen molar-refractivity contribution in [1.82, 2.24) is 19.0 Å². The summed E-state index contributed by atoms with van der Waals surface area (Å²) < 4.78 is 34.4. The van der Waals surface area contributed by atoms with Crippen molar-refractivity contribution in [2.75, 3.05) is 39.4 Å². The molecule has 4 heterocycles. The molecule has 4 rings (SSSR count). The average molecular weight is 354 g/mol. The van der Waals surface area contributed by atoms with Crippen molar-refractivity contribution in [2.24, 2.45) is 18.9 Å². The molecule has 0 spiro atoms. The zero-order valence-electron chi connectivity index (χ0n) is 14.4. The third kappa shape index (κ3) is 2.79. The Morgan fingerprint density at radius 3 is 2.29 bits per heavy atom. The summed E-state index contributed by atoms with van der Waals surface area (Å²) in [7, 11) is -1.74. The fourth-order valence-electron chi connectivity index (χ4n) is 4.49. The van der Waals surface area contributed by atoms with E-state index >= 15 is 0 Å². The van der Waals surface area contributed by atoms with Crippen LogP contribution in [-0.4, -0.2) is 72.8 Å². The van der Waals surface area contributed by atoms with E-state index in [2.05, 4.69) is 10.00 Å². The average Bonchev–Trinajstić information content (AvgIpc) is 3.21. The Kier molecular flexibility index (Phi) is 4.19. The van der Waals surface area contributed by atoms with E-state index in [9.17, 15) is 8.42 Å². The molecule has 0 unspecified atom stereocenters. The standard InChI is InChI=1S/C16H26N4O3S/c1-12-7-16(18(2)17-12)24(21,22)20-10-13-8-19(9-14(13)11-20)15-3-5-23-6-4-15/h7,13-15H,3-6,8-11H2,1-2H3/t13-,14-/m1/s1. The van der Waals surface area contributed by atoms with Gasteiger partial charge in [-0.1, -0.05) is 0 Å². The highest BCUT2D eigenvalue weighted by Gasteiger charge is 2.46. The normalized spacial score (nSPS) is 30.1. The fourth-order valence-corrected chi connectivity index (χ4v) is 6.23. The van der Waals surface area contributed by atoms with Crippen LogP contribution in [0, 0.1) is 18.8 Å². The predicted octanol–water partition coefficient (Wildman–Crippen LogP) is 0.460. The van der Waals surface area contributed by atoms with E-state index in [0.29, 0.717) is 36.0 Å². The van der Waals surface area contributed by atoms with Crippen LogP contribution in [0.1, 0.15) is 18.5 Å². The molecule has 3 fully saturated rings. The molecule has 1 aromatic rings. The highest BCUT2D eigenvalue weighted by molar-refractivity contribution is 7.89. The third-order valence-electron chi connectivity index (χ3n) is 5.75. The van der Waals surface area contributed by atoms with Gasteiger partial charge in [-0.3, -0.25) is 9.58 Å². The molecule has 24 heavy (non-hydrogen) atoms. The molecule has 0 N–H and O–H groups in total. The molecule has 3 aliphatic heterocycles. The first-order valence-electron chi connectivity index (χ1n) is 8.78.